The van der Waals surface area contributed by atoms with Crippen molar-refractivity contribution in [3.63, 3.8) is 0 Å². The molecular weight excluding hydrogens is 446 g/mol. The summed E-state index contributed by atoms with van der Waals surface area (Å²) < 4.78 is 10.7. The molecule has 0 spiro atoms. The van der Waals surface area contributed by atoms with Crippen molar-refractivity contribution in [1.82, 2.24) is 10.2 Å². The van der Waals surface area contributed by atoms with Gasteiger partial charge in [0.05, 0.1) is 17.2 Å². The van der Waals surface area contributed by atoms with Crippen LogP contribution in [0, 0.1) is 5.92 Å². The minimum Gasteiger partial charge on any atom is -0.454 e. The normalized spacial score (nSPS) is 16.3. The number of fused-ring (bicyclic) bond motifs is 1. The van der Waals surface area contributed by atoms with E-state index in [0.29, 0.717) is 42.4 Å². The number of para-hydroxylation sites is 1. The van der Waals surface area contributed by atoms with E-state index < -0.39 is 5.92 Å². The monoisotopic (exact) mass is 471 g/mol. The van der Waals surface area contributed by atoms with E-state index >= 15 is 0 Å². The maximum Gasteiger partial charge on any atom is 0.253 e. The number of hydrogen-bond acceptors (Lipinski definition) is 5. The molecule has 0 unspecified atom stereocenters. The van der Waals surface area contributed by atoms with Crippen LogP contribution in [0.5, 0.6) is 11.5 Å². The highest BCUT2D eigenvalue weighted by atomic mass is 16.7. The first kappa shape index (κ1) is 22.5. The highest BCUT2D eigenvalue weighted by Gasteiger charge is 2.34. The van der Waals surface area contributed by atoms with E-state index in [1.807, 2.05) is 48.5 Å². The molecule has 35 heavy (non-hydrogen) atoms. The topological polar surface area (TPSA) is 97.0 Å². The van der Waals surface area contributed by atoms with Gasteiger partial charge in [0.15, 0.2) is 11.5 Å². The highest BCUT2D eigenvalue weighted by molar-refractivity contribution is 6.05. The second kappa shape index (κ2) is 9.89. The summed E-state index contributed by atoms with van der Waals surface area (Å²) in [6, 6.07) is 22.0. The fraction of sp³-hybridized carbons (Fsp3) is 0.222. The Morgan fingerprint density at radius 3 is 2.54 bits per heavy atom. The molecule has 3 aromatic rings. The van der Waals surface area contributed by atoms with Gasteiger partial charge in [0.2, 0.25) is 18.6 Å². The Bertz CT molecular complexity index is 1260. The SMILES string of the molecule is O=C(NCc1ccc2c(c1)OCO2)c1ccccc1NC(=O)[C@H]1CC(=O)N(Cc2ccccc2)C1. The number of benzene rings is 3. The van der Waals surface area contributed by atoms with Crippen LogP contribution in [0.2, 0.25) is 0 Å². The van der Waals surface area contributed by atoms with Gasteiger partial charge in [0.1, 0.15) is 0 Å². The van der Waals surface area contributed by atoms with Crippen molar-refractivity contribution in [2.24, 2.45) is 5.92 Å². The Hall–Kier alpha value is -4.33. The number of nitrogens with zero attached hydrogens (tertiary/aromatic N) is 1. The first-order valence-corrected chi connectivity index (χ1v) is 11.4. The van der Waals surface area contributed by atoms with Crippen molar-refractivity contribution in [3.8, 4) is 11.5 Å². The van der Waals surface area contributed by atoms with Crippen LogP contribution in [0.25, 0.3) is 0 Å². The van der Waals surface area contributed by atoms with Crippen LogP contribution in [-0.2, 0) is 22.7 Å². The molecule has 1 fully saturated rings. The summed E-state index contributed by atoms with van der Waals surface area (Å²) in [6.07, 6.45) is 0.150. The second-order valence-electron chi connectivity index (χ2n) is 8.57. The van der Waals surface area contributed by atoms with Crippen LogP contribution in [0.4, 0.5) is 5.69 Å². The number of nitrogens with one attached hydrogen (secondary N) is 2. The number of anilines is 1. The number of likely N-dealkylation sites (tertiary alicyclic amines) is 1. The first-order chi connectivity index (χ1) is 17.1. The van der Waals surface area contributed by atoms with Crippen LogP contribution >= 0.6 is 0 Å². The molecule has 0 saturated carbocycles. The maximum absolute atomic E-state index is 13.0. The van der Waals surface area contributed by atoms with Crippen LogP contribution in [-0.4, -0.2) is 36.0 Å². The van der Waals surface area contributed by atoms with Gasteiger partial charge in [-0.3, -0.25) is 14.4 Å². The van der Waals surface area contributed by atoms with Gasteiger partial charge in [0, 0.05) is 26.1 Å². The number of rotatable bonds is 7. The predicted octanol–water partition coefficient (Wildman–Crippen LogP) is 3.33. The maximum atomic E-state index is 13.0. The molecule has 2 aliphatic heterocycles. The summed E-state index contributed by atoms with van der Waals surface area (Å²) in [7, 11) is 0. The van der Waals surface area contributed by atoms with Gasteiger partial charge in [-0.15, -0.1) is 0 Å². The minimum absolute atomic E-state index is 0.0521. The number of carbonyl (C=O) groups excluding carboxylic acids is 3. The third-order valence-corrected chi connectivity index (χ3v) is 6.12. The lowest BCUT2D eigenvalue weighted by Crippen LogP contribution is -2.29. The fourth-order valence-corrected chi connectivity index (χ4v) is 4.26. The Morgan fingerprint density at radius 2 is 1.69 bits per heavy atom. The van der Waals surface area contributed by atoms with Crippen LogP contribution in [0.3, 0.4) is 0 Å². The summed E-state index contributed by atoms with van der Waals surface area (Å²) in [4.78, 5) is 40.1. The molecule has 1 atom stereocenters. The zero-order valence-corrected chi connectivity index (χ0v) is 19.0. The standard InChI is InChI=1S/C27H25N3O5/c31-25-13-20(16-30(25)15-18-6-2-1-3-7-18)26(32)29-22-9-5-4-8-21(22)27(33)28-14-19-10-11-23-24(12-19)35-17-34-23/h1-12,20H,13-17H2,(H,28,33)(H,29,32)/t20-/m0/s1. The molecule has 2 aliphatic rings. The van der Waals surface area contributed by atoms with Crippen LogP contribution in [0.15, 0.2) is 72.8 Å². The summed E-state index contributed by atoms with van der Waals surface area (Å²) in [5, 5.41) is 5.74. The highest BCUT2D eigenvalue weighted by Crippen LogP contribution is 2.32. The number of ether oxygens (including phenoxy) is 2. The molecule has 8 nitrogen and oxygen atoms in total. The van der Waals surface area contributed by atoms with Crippen molar-refractivity contribution in [2.75, 3.05) is 18.7 Å². The van der Waals surface area contributed by atoms with Crippen LogP contribution in [0.1, 0.15) is 27.9 Å². The molecule has 0 radical (unpaired) electrons. The lowest BCUT2D eigenvalue weighted by Gasteiger charge is -2.17. The lowest BCUT2D eigenvalue weighted by atomic mass is 10.1. The average molecular weight is 472 g/mol. The van der Waals surface area contributed by atoms with Crippen molar-refractivity contribution < 1.29 is 23.9 Å². The smallest absolute Gasteiger partial charge is 0.253 e. The van der Waals surface area contributed by atoms with Gasteiger partial charge in [0.25, 0.3) is 5.91 Å². The van der Waals surface area contributed by atoms with E-state index in [2.05, 4.69) is 10.6 Å². The van der Waals surface area contributed by atoms with Gasteiger partial charge in [-0.2, -0.15) is 0 Å². The molecule has 3 aromatic carbocycles. The number of carbonyl (C=O) groups is 3. The van der Waals surface area contributed by atoms with E-state index in [0.717, 1.165) is 11.1 Å². The van der Waals surface area contributed by atoms with E-state index in [9.17, 15) is 14.4 Å². The Labute approximate surface area is 202 Å². The van der Waals surface area contributed by atoms with Crippen LogP contribution < -0.4 is 20.1 Å². The molecular formula is C27H25N3O5. The van der Waals surface area contributed by atoms with Gasteiger partial charge < -0.3 is 25.0 Å². The molecule has 8 heteroatoms. The lowest BCUT2D eigenvalue weighted by molar-refractivity contribution is -0.128. The third kappa shape index (κ3) is 5.11. The largest absolute Gasteiger partial charge is 0.454 e. The van der Waals surface area contributed by atoms with E-state index in [1.54, 1.807) is 29.2 Å². The quantitative estimate of drug-likeness (QED) is 0.551. The molecule has 2 heterocycles. The summed E-state index contributed by atoms with van der Waals surface area (Å²) >= 11 is 0. The molecule has 178 valence electrons. The Kier molecular flexibility index (Phi) is 6.34. The zero-order valence-electron chi connectivity index (χ0n) is 19.0. The van der Waals surface area contributed by atoms with E-state index in [-0.39, 0.29) is 30.9 Å². The number of amides is 3. The van der Waals surface area contributed by atoms with Crippen molar-refractivity contribution in [3.05, 3.63) is 89.5 Å². The molecule has 0 aliphatic carbocycles. The molecule has 5 rings (SSSR count). The Balaban J connectivity index is 1.20. The zero-order chi connectivity index (χ0) is 24.2. The van der Waals surface area contributed by atoms with Crippen molar-refractivity contribution >= 4 is 23.4 Å². The van der Waals surface area contributed by atoms with Crippen molar-refractivity contribution in [1.29, 1.82) is 0 Å². The molecule has 1 saturated heterocycles. The summed E-state index contributed by atoms with van der Waals surface area (Å²) in [6.45, 7) is 1.30. The Morgan fingerprint density at radius 1 is 0.914 bits per heavy atom. The molecule has 0 bridgehead atoms. The summed E-state index contributed by atoms with van der Waals surface area (Å²) in [5.74, 6) is 0.217. The second-order valence-corrected chi connectivity index (χ2v) is 8.57. The predicted molar refractivity (Wildman–Crippen MR) is 129 cm³/mol. The first-order valence-electron chi connectivity index (χ1n) is 11.4. The molecule has 0 aromatic heterocycles. The fourth-order valence-electron chi connectivity index (χ4n) is 4.26. The third-order valence-electron chi connectivity index (χ3n) is 6.12. The van der Waals surface area contributed by atoms with Gasteiger partial charge in [-0.1, -0.05) is 48.5 Å². The van der Waals surface area contributed by atoms with Gasteiger partial charge in [-0.05, 0) is 35.4 Å². The average Bonchev–Trinajstić information content (AvgIpc) is 3.49. The van der Waals surface area contributed by atoms with E-state index in [1.165, 1.54) is 0 Å². The van der Waals surface area contributed by atoms with Crippen molar-refractivity contribution in [2.45, 2.75) is 19.5 Å². The van der Waals surface area contributed by atoms with E-state index in [4.69, 9.17) is 9.47 Å². The summed E-state index contributed by atoms with van der Waals surface area (Å²) in [5.41, 5.74) is 2.65. The number of hydrogen-bond donors (Lipinski definition) is 2. The molecule has 3 amide bonds. The van der Waals surface area contributed by atoms with Gasteiger partial charge in [-0.25, -0.2) is 0 Å². The molecule has 2 N–H and O–H groups in total. The minimum atomic E-state index is -0.476. The van der Waals surface area contributed by atoms with Gasteiger partial charge >= 0.3 is 0 Å².